The SMILES string of the molecule is CNc1nc(=O)n(-c2cc(=O)cc[nH]2)c2nc(C)ccc12. The van der Waals surface area contributed by atoms with Gasteiger partial charge < -0.3 is 10.3 Å². The van der Waals surface area contributed by atoms with Gasteiger partial charge in [-0.15, -0.1) is 0 Å². The molecule has 7 heteroatoms. The average Bonchev–Trinajstić information content (AvgIpc) is 2.46. The van der Waals surface area contributed by atoms with Crippen LogP contribution < -0.4 is 16.4 Å². The summed E-state index contributed by atoms with van der Waals surface area (Å²) in [5.74, 6) is 0.794. The minimum absolute atomic E-state index is 0.200. The number of hydrogen-bond donors (Lipinski definition) is 2. The van der Waals surface area contributed by atoms with Crippen LogP contribution in [0.1, 0.15) is 5.69 Å². The fraction of sp³-hybridized carbons (Fsp3) is 0.143. The second-order valence-electron chi connectivity index (χ2n) is 4.56. The third-order valence-electron chi connectivity index (χ3n) is 3.12. The first-order valence-electron chi connectivity index (χ1n) is 6.37. The minimum Gasteiger partial charge on any atom is -0.372 e. The highest BCUT2D eigenvalue weighted by Gasteiger charge is 2.13. The molecule has 106 valence electrons. The number of aromatic nitrogens is 4. The maximum atomic E-state index is 12.3. The summed E-state index contributed by atoms with van der Waals surface area (Å²) in [6.45, 7) is 1.83. The molecule has 0 spiro atoms. The molecule has 2 N–H and O–H groups in total. The maximum absolute atomic E-state index is 12.3. The second-order valence-corrected chi connectivity index (χ2v) is 4.56. The Bertz CT molecular complexity index is 942. The van der Waals surface area contributed by atoms with E-state index in [-0.39, 0.29) is 5.43 Å². The van der Waals surface area contributed by atoms with E-state index < -0.39 is 5.69 Å². The van der Waals surface area contributed by atoms with Crippen molar-refractivity contribution in [3.05, 3.63) is 56.9 Å². The molecule has 3 aromatic rings. The largest absolute Gasteiger partial charge is 0.372 e. The first kappa shape index (κ1) is 13.0. The van der Waals surface area contributed by atoms with E-state index in [4.69, 9.17) is 0 Å². The molecule has 0 fully saturated rings. The summed E-state index contributed by atoms with van der Waals surface area (Å²) in [5.41, 5.74) is 0.504. The molecule has 0 aliphatic carbocycles. The molecule has 0 aliphatic rings. The Morgan fingerprint density at radius 1 is 1.19 bits per heavy atom. The van der Waals surface area contributed by atoms with E-state index in [1.807, 2.05) is 19.1 Å². The zero-order valence-corrected chi connectivity index (χ0v) is 11.5. The van der Waals surface area contributed by atoms with E-state index in [2.05, 4.69) is 20.3 Å². The van der Waals surface area contributed by atoms with Crippen molar-refractivity contribution in [1.82, 2.24) is 19.5 Å². The van der Waals surface area contributed by atoms with E-state index >= 15 is 0 Å². The molecule has 0 bridgehead atoms. The van der Waals surface area contributed by atoms with Gasteiger partial charge in [-0.2, -0.15) is 4.98 Å². The Hall–Kier alpha value is -2.96. The molecule has 0 aliphatic heterocycles. The second kappa shape index (κ2) is 4.86. The number of pyridine rings is 2. The van der Waals surface area contributed by atoms with E-state index in [9.17, 15) is 9.59 Å². The van der Waals surface area contributed by atoms with Gasteiger partial charge in [0, 0.05) is 31.1 Å². The molecule has 0 atom stereocenters. The number of aryl methyl sites for hydroxylation is 1. The van der Waals surface area contributed by atoms with Crippen LogP contribution in [0.3, 0.4) is 0 Å². The predicted octanol–water partition coefficient (Wildman–Crippen LogP) is 0.819. The molecule has 0 amide bonds. The van der Waals surface area contributed by atoms with Gasteiger partial charge in [-0.05, 0) is 19.1 Å². The Labute approximate surface area is 119 Å². The standard InChI is InChI=1S/C14H13N5O2/c1-8-3-4-10-12(15-2)18-14(21)19(13(10)17-8)11-7-9(20)5-6-16-11/h3-7H,1-2H3,(H,16,20)(H,15,18,21). The molecular weight excluding hydrogens is 270 g/mol. The highest BCUT2D eigenvalue weighted by atomic mass is 16.1. The zero-order valence-electron chi connectivity index (χ0n) is 11.5. The molecule has 3 aromatic heterocycles. The molecule has 21 heavy (non-hydrogen) atoms. The number of rotatable bonds is 2. The first-order valence-corrected chi connectivity index (χ1v) is 6.37. The van der Waals surface area contributed by atoms with Crippen molar-refractivity contribution < 1.29 is 0 Å². The highest BCUT2D eigenvalue weighted by molar-refractivity contribution is 5.87. The number of anilines is 1. The lowest BCUT2D eigenvalue weighted by Gasteiger charge is -2.11. The van der Waals surface area contributed by atoms with Gasteiger partial charge in [0.1, 0.15) is 11.6 Å². The molecule has 3 heterocycles. The van der Waals surface area contributed by atoms with Gasteiger partial charge in [0.05, 0.1) is 5.39 Å². The summed E-state index contributed by atoms with van der Waals surface area (Å²) in [6.07, 6.45) is 1.48. The number of fused-ring (bicyclic) bond motifs is 1. The molecular formula is C14H13N5O2. The van der Waals surface area contributed by atoms with Crippen molar-refractivity contribution in [3.63, 3.8) is 0 Å². The van der Waals surface area contributed by atoms with Crippen LogP contribution in [0.15, 0.2) is 40.1 Å². The summed E-state index contributed by atoms with van der Waals surface area (Å²) < 4.78 is 1.30. The third-order valence-corrected chi connectivity index (χ3v) is 3.12. The van der Waals surface area contributed by atoms with Crippen LogP contribution in [-0.2, 0) is 0 Å². The summed E-state index contributed by atoms with van der Waals surface area (Å²) >= 11 is 0. The smallest absolute Gasteiger partial charge is 0.357 e. The van der Waals surface area contributed by atoms with Gasteiger partial charge in [-0.3, -0.25) is 4.79 Å². The number of H-pyrrole nitrogens is 1. The van der Waals surface area contributed by atoms with Crippen molar-refractivity contribution in [3.8, 4) is 5.82 Å². The van der Waals surface area contributed by atoms with Crippen LogP contribution in [0, 0.1) is 6.92 Å². The van der Waals surface area contributed by atoms with E-state index in [0.717, 1.165) is 5.69 Å². The Morgan fingerprint density at radius 2 is 2.00 bits per heavy atom. The number of aromatic amines is 1. The van der Waals surface area contributed by atoms with E-state index in [0.29, 0.717) is 22.7 Å². The maximum Gasteiger partial charge on any atom is 0.357 e. The summed E-state index contributed by atoms with van der Waals surface area (Å²) in [5, 5.41) is 3.59. The van der Waals surface area contributed by atoms with Gasteiger partial charge in [0.2, 0.25) is 0 Å². The summed E-state index contributed by atoms with van der Waals surface area (Å²) in [4.78, 5) is 35.1. The van der Waals surface area contributed by atoms with Gasteiger partial charge in [0.25, 0.3) is 0 Å². The van der Waals surface area contributed by atoms with Crippen molar-refractivity contribution in [1.29, 1.82) is 0 Å². The Morgan fingerprint density at radius 3 is 2.71 bits per heavy atom. The lowest BCUT2D eigenvalue weighted by atomic mass is 10.2. The summed E-state index contributed by atoms with van der Waals surface area (Å²) in [6, 6.07) is 6.40. The van der Waals surface area contributed by atoms with Crippen LogP contribution in [0.2, 0.25) is 0 Å². The predicted molar refractivity (Wildman–Crippen MR) is 80.0 cm³/mol. The van der Waals surface area contributed by atoms with Crippen LogP contribution in [0.5, 0.6) is 0 Å². The van der Waals surface area contributed by atoms with Crippen molar-refractivity contribution in [2.75, 3.05) is 12.4 Å². The lowest BCUT2D eigenvalue weighted by molar-refractivity contribution is 0.903. The fourth-order valence-corrected chi connectivity index (χ4v) is 2.17. The van der Waals surface area contributed by atoms with Crippen LogP contribution >= 0.6 is 0 Å². The lowest BCUT2D eigenvalue weighted by Crippen LogP contribution is -2.25. The topological polar surface area (TPSA) is 92.7 Å². The van der Waals surface area contributed by atoms with Gasteiger partial charge in [0.15, 0.2) is 11.1 Å². The van der Waals surface area contributed by atoms with Crippen LogP contribution in [0.25, 0.3) is 16.9 Å². The molecule has 0 aromatic carbocycles. The average molecular weight is 283 g/mol. The molecule has 0 unspecified atom stereocenters. The quantitative estimate of drug-likeness (QED) is 0.726. The van der Waals surface area contributed by atoms with Gasteiger partial charge in [-0.1, -0.05) is 0 Å². The first-order chi connectivity index (χ1) is 10.1. The number of nitrogens with zero attached hydrogens (tertiary/aromatic N) is 3. The molecule has 3 rings (SSSR count). The Kier molecular flexibility index (Phi) is 3.02. The van der Waals surface area contributed by atoms with Gasteiger partial charge >= 0.3 is 5.69 Å². The van der Waals surface area contributed by atoms with Crippen LogP contribution in [0.4, 0.5) is 5.82 Å². The number of hydrogen-bond acceptors (Lipinski definition) is 5. The summed E-state index contributed by atoms with van der Waals surface area (Å²) in [7, 11) is 1.69. The Balaban J connectivity index is 2.47. The minimum atomic E-state index is -0.508. The molecule has 0 saturated carbocycles. The zero-order chi connectivity index (χ0) is 15.0. The van der Waals surface area contributed by atoms with Crippen molar-refractivity contribution in [2.45, 2.75) is 6.92 Å². The fourth-order valence-electron chi connectivity index (χ4n) is 2.17. The van der Waals surface area contributed by atoms with Crippen molar-refractivity contribution >= 4 is 16.9 Å². The number of nitrogens with one attached hydrogen (secondary N) is 2. The molecule has 0 saturated heterocycles. The van der Waals surface area contributed by atoms with Gasteiger partial charge in [-0.25, -0.2) is 14.3 Å². The molecule has 7 nitrogen and oxygen atoms in total. The van der Waals surface area contributed by atoms with E-state index in [1.54, 1.807) is 7.05 Å². The van der Waals surface area contributed by atoms with E-state index in [1.165, 1.54) is 22.9 Å². The molecule has 0 radical (unpaired) electrons. The normalized spacial score (nSPS) is 10.8. The van der Waals surface area contributed by atoms with Crippen LogP contribution in [-0.4, -0.2) is 26.6 Å². The van der Waals surface area contributed by atoms with Crippen molar-refractivity contribution in [2.24, 2.45) is 0 Å². The third kappa shape index (κ3) is 2.18. The highest BCUT2D eigenvalue weighted by Crippen LogP contribution is 2.19. The monoisotopic (exact) mass is 283 g/mol.